The summed E-state index contributed by atoms with van der Waals surface area (Å²) >= 11 is 0. The van der Waals surface area contributed by atoms with E-state index in [1.54, 1.807) is 19.5 Å². The maximum atomic E-state index is 13.1. The standard InChI is InChI=1S/C27H31N5O4/c1-31-9-8-22(15-31)32(2)27(34)18-5-7-24-19(10-18)11-20(16-36-24)26(33)30-23-6-4-17(12-25(23)35-3)21-13-28-29-14-21/h4-7,10,12-14,20,22H,8-9,11,15-16H2,1-3H3,(H,28,29)(H,30,33). The molecule has 0 radical (unpaired) electrons. The molecule has 5 rings (SSSR count). The smallest absolute Gasteiger partial charge is 0.253 e. The minimum absolute atomic E-state index is 0.00729. The Labute approximate surface area is 210 Å². The Morgan fingerprint density at radius 3 is 2.81 bits per heavy atom. The highest BCUT2D eigenvalue weighted by Crippen LogP contribution is 2.33. The van der Waals surface area contributed by atoms with Gasteiger partial charge >= 0.3 is 0 Å². The molecule has 36 heavy (non-hydrogen) atoms. The van der Waals surface area contributed by atoms with Crippen LogP contribution in [-0.4, -0.2) is 78.8 Å². The number of anilines is 1. The van der Waals surface area contributed by atoms with E-state index >= 15 is 0 Å². The number of aromatic amines is 1. The van der Waals surface area contributed by atoms with E-state index in [0.717, 1.165) is 42.0 Å². The summed E-state index contributed by atoms with van der Waals surface area (Å²) < 4.78 is 11.4. The van der Waals surface area contributed by atoms with E-state index in [-0.39, 0.29) is 30.4 Å². The van der Waals surface area contributed by atoms with Gasteiger partial charge < -0.3 is 24.6 Å². The second kappa shape index (κ2) is 10.0. The number of fused-ring (bicyclic) bond motifs is 1. The molecule has 1 aromatic heterocycles. The SMILES string of the molecule is COc1cc(-c2cn[nH]c2)ccc1NC(=O)C1COc2ccc(C(=O)N(C)C3CCN(C)C3)cc2C1. The highest BCUT2D eigenvalue weighted by atomic mass is 16.5. The molecule has 0 bridgehead atoms. The first-order valence-electron chi connectivity index (χ1n) is 12.1. The predicted octanol–water partition coefficient (Wildman–Crippen LogP) is 3.05. The zero-order valence-corrected chi connectivity index (χ0v) is 20.8. The average molecular weight is 490 g/mol. The van der Waals surface area contributed by atoms with Crippen molar-refractivity contribution < 1.29 is 19.1 Å². The molecule has 2 aliphatic rings. The Morgan fingerprint density at radius 2 is 2.08 bits per heavy atom. The highest BCUT2D eigenvalue weighted by molar-refractivity contribution is 5.96. The maximum Gasteiger partial charge on any atom is 0.253 e. The molecular formula is C27H31N5O4. The van der Waals surface area contributed by atoms with Crippen molar-refractivity contribution in [3.63, 3.8) is 0 Å². The number of likely N-dealkylation sites (N-methyl/N-ethyl adjacent to an activating group) is 2. The number of carbonyl (C=O) groups excluding carboxylic acids is 2. The fraction of sp³-hybridized carbons (Fsp3) is 0.370. The average Bonchev–Trinajstić information content (AvgIpc) is 3.59. The van der Waals surface area contributed by atoms with Crippen molar-refractivity contribution in [2.45, 2.75) is 18.9 Å². The summed E-state index contributed by atoms with van der Waals surface area (Å²) in [4.78, 5) is 30.3. The summed E-state index contributed by atoms with van der Waals surface area (Å²) in [6, 6.07) is 11.3. The molecule has 3 heterocycles. The van der Waals surface area contributed by atoms with Crippen LogP contribution in [-0.2, 0) is 11.2 Å². The fourth-order valence-corrected chi connectivity index (χ4v) is 4.91. The number of methoxy groups -OCH3 is 1. The number of amides is 2. The van der Waals surface area contributed by atoms with Crippen LogP contribution in [0.1, 0.15) is 22.3 Å². The summed E-state index contributed by atoms with van der Waals surface area (Å²) in [5.74, 6) is 0.737. The number of H-pyrrole nitrogens is 1. The highest BCUT2D eigenvalue weighted by Gasteiger charge is 2.30. The van der Waals surface area contributed by atoms with Gasteiger partial charge in [-0.25, -0.2) is 0 Å². The van der Waals surface area contributed by atoms with Gasteiger partial charge in [-0.2, -0.15) is 5.10 Å². The van der Waals surface area contributed by atoms with Gasteiger partial charge in [0.25, 0.3) is 5.91 Å². The summed E-state index contributed by atoms with van der Waals surface area (Å²) in [5.41, 5.74) is 3.94. The molecule has 2 N–H and O–H groups in total. The van der Waals surface area contributed by atoms with Crippen LogP contribution in [0.5, 0.6) is 11.5 Å². The van der Waals surface area contributed by atoms with Gasteiger partial charge in [-0.3, -0.25) is 14.7 Å². The molecule has 2 unspecified atom stereocenters. The molecule has 0 aliphatic carbocycles. The van der Waals surface area contributed by atoms with Gasteiger partial charge in [0.05, 0.1) is 24.9 Å². The summed E-state index contributed by atoms with van der Waals surface area (Å²) in [6.07, 6.45) is 4.99. The van der Waals surface area contributed by atoms with Crippen LogP contribution in [0.3, 0.4) is 0 Å². The number of hydrogen-bond acceptors (Lipinski definition) is 6. The first kappa shape index (κ1) is 23.9. The van der Waals surface area contributed by atoms with Crippen molar-refractivity contribution >= 4 is 17.5 Å². The Hall–Kier alpha value is -3.85. The summed E-state index contributed by atoms with van der Waals surface area (Å²) in [5, 5.41) is 9.76. The first-order chi connectivity index (χ1) is 17.4. The largest absolute Gasteiger partial charge is 0.495 e. The first-order valence-corrected chi connectivity index (χ1v) is 12.1. The van der Waals surface area contributed by atoms with Crippen molar-refractivity contribution in [2.24, 2.45) is 5.92 Å². The molecule has 9 heteroatoms. The van der Waals surface area contributed by atoms with Crippen LogP contribution in [0.15, 0.2) is 48.8 Å². The van der Waals surface area contributed by atoms with E-state index < -0.39 is 0 Å². The number of carbonyl (C=O) groups is 2. The lowest BCUT2D eigenvalue weighted by molar-refractivity contribution is -0.121. The van der Waals surface area contributed by atoms with E-state index in [1.165, 1.54) is 0 Å². The van der Waals surface area contributed by atoms with E-state index in [1.807, 2.05) is 48.3 Å². The lowest BCUT2D eigenvalue weighted by atomic mass is 9.94. The van der Waals surface area contributed by atoms with Gasteiger partial charge in [0.15, 0.2) is 0 Å². The molecule has 2 amide bonds. The Kier molecular flexibility index (Phi) is 6.65. The molecule has 0 saturated carbocycles. The minimum atomic E-state index is -0.387. The number of aromatic nitrogens is 2. The lowest BCUT2D eigenvalue weighted by Crippen LogP contribution is -2.38. The topological polar surface area (TPSA) is 99.8 Å². The molecule has 2 aliphatic heterocycles. The van der Waals surface area contributed by atoms with Crippen molar-refractivity contribution in [2.75, 3.05) is 46.2 Å². The third-order valence-corrected chi connectivity index (χ3v) is 7.11. The maximum absolute atomic E-state index is 13.1. The number of benzene rings is 2. The molecule has 3 aromatic rings. The lowest BCUT2D eigenvalue weighted by Gasteiger charge is -2.27. The number of ether oxygens (including phenoxy) is 2. The van der Waals surface area contributed by atoms with Gasteiger partial charge in [0.1, 0.15) is 18.1 Å². The van der Waals surface area contributed by atoms with Crippen molar-refractivity contribution in [1.82, 2.24) is 20.0 Å². The number of hydrogen-bond donors (Lipinski definition) is 2. The Balaban J connectivity index is 1.28. The predicted molar refractivity (Wildman–Crippen MR) is 136 cm³/mol. The zero-order chi connectivity index (χ0) is 25.2. The van der Waals surface area contributed by atoms with Crippen LogP contribution in [0.2, 0.25) is 0 Å². The molecule has 2 atom stereocenters. The van der Waals surface area contributed by atoms with E-state index in [9.17, 15) is 9.59 Å². The third kappa shape index (κ3) is 4.79. The van der Waals surface area contributed by atoms with Crippen LogP contribution < -0.4 is 14.8 Å². The van der Waals surface area contributed by atoms with E-state index in [2.05, 4.69) is 27.5 Å². The molecule has 0 spiro atoms. The van der Waals surface area contributed by atoms with Crippen molar-refractivity contribution in [1.29, 1.82) is 0 Å². The second-order valence-electron chi connectivity index (χ2n) is 9.55. The monoisotopic (exact) mass is 489 g/mol. The van der Waals surface area contributed by atoms with Crippen LogP contribution in [0, 0.1) is 5.92 Å². The summed E-state index contributed by atoms with van der Waals surface area (Å²) in [7, 11) is 5.51. The number of nitrogens with zero attached hydrogens (tertiary/aromatic N) is 3. The van der Waals surface area contributed by atoms with E-state index in [4.69, 9.17) is 9.47 Å². The quantitative estimate of drug-likeness (QED) is 0.552. The van der Waals surface area contributed by atoms with Crippen molar-refractivity contribution in [3.8, 4) is 22.6 Å². The van der Waals surface area contributed by atoms with Gasteiger partial charge in [-0.1, -0.05) is 6.07 Å². The van der Waals surface area contributed by atoms with Crippen molar-refractivity contribution in [3.05, 3.63) is 59.9 Å². The number of likely N-dealkylation sites (tertiary alicyclic amines) is 1. The van der Waals surface area contributed by atoms with Gasteiger partial charge in [-0.15, -0.1) is 0 Å². The molecule has 1 fully saturated rings. The normalized spacial score (nSPS) is 19.3. The Bertz CT molecular complexity index is 1260. The molecule has 9 nitrogen and oxygen atoms in total. The van der Waals surface area contributed by atoms with E-state index in [0.29, 0.717) is 23.4 Å². The zero-order valence-electron chi connectivity index (χ0n) is 20.8. The fourth-order valence-electron chi connectivity index (χ4n) is 4.91. The van der Waals surface area contributed by atoms with Crippen LogP contribution >= 0.6 is 0 Å². The second-order valence-corrected chi connectivity index (χ2v) is 9.55. The molecule has 2 aromatic carbocycles. The molecular weight excluding hydrogens is 458 g/mol. The van der Waals surface area contributed by atoms with Crippen LogP contribution in [0.4, 0.5) is 5.69 Å². The van der Waals surface area contributed by atoms with Gasteiger partial charge in [0, 0.05) is 37.0 Å². The third-order valence-electron chi connectivity index (χ3n) is 7.11. The van der Waals surface area contributed by atoms with Crippen LogP contribution in [0.25, 0.3) is 11.1 Å². The number of rotatable bonds is 6. The number of nitrogens with one attached hydrogen (secondary N) is 2. The molecule has 1 saturated heterocycles. The summed E-state index contributed by atoms with van der Waals surface area (Å²) in [6.45, 7) is 2.15. The van der Waals surface area contributed by atoms with Gasteiger partial charge in [0.2, 0.25) is 5.91 Å². The minimum Gasteiger partial charge on any atom is -0.495 e. The van der Waals surface area contributed by atoms with Gasteiger partial charge in [-0.05, 0) is 67.9 Å². The molecule has 188 valence electrons. The Morgan fingerprint density at radius 1 is 1.22 bits per heavy atom.